The standard InChI is InChI=1S/C9H21N3OS/c1-8(14-2)5-7-11-6-3-4-9(10)12-13/h8,11,13H,3-7H2,1-2H3,(H2,10,12). The van der Waals surface area contributed by atoms with E-state index < -0.39 is 0 Å². The van der Waals surface area contributed by atoms with Crippen molar-refractivity contribution in [3.63, 3.8) is 0 Å². The number of nitrogens with one attached hydrogen (secondary N) is 1. The SMILES string of the molecule is CSC(C)CCNCCCC(N)=NO. The summed E-state index contributed by atoms with van der Waals surface area (Å²) in [4.78, 5) is 0. The number of oxime groups is 1. The quantitative estimate of drug-likeness (QED) is 0.189. The maximum atomic E-state index is 8.28. The van der Waals surface area contributed by atoms with Gasteiger partial charge in [0, 0.05) is 11.7 Å². The van der Waals surface area contributed by atoms with Crippen LogP contribution in [0.3, 0.4) is 0 Å². The zero-order valence-corrected chi connectivity index (χ0v) is 9.81. The third kappa shape index (κ3) is 8.19. The Morgan fingerprint density at radius 3 is 2.86 bits per heavy atom. The lowest BCUT2D eigenvalue weighted by molar-refractivity contribution is 0.316. The van der Waals surface area contributed by atoms with Crippen LogP contribution in [0.4, 0.5) is 0 Å². The van der Waals surface area contributed by atoms with Crippen LogP contribution in [-0.2, 0) is 0 Å². The number of nitrogens with zero attached hydrogens (tertiary/aromatic N) is 1. The molecule has 0 aromatic heterocycles. The highest BCUT2D eigenvalue weighted by Crippen LogP contribution is 2.07. The predicted octanol–water partition coefficient (Wildman–Crippen LogP) is 1.24. The van der Waals surface area contributed by atoms with Crippen molar-refractivity contribution in [1.29, 1.82) is 0 Å². The van der Waals surface area contributed by atoms with Gasteiger partial charge >= 0.3 is 0 Å². The molecule has 0 aliphatic rings. The Kier molecular flexibility index (Phi) is 8.87. The molecule has 1 unspecified atom stereocenters. The monoisotopic (exact) mass is 219 g/mol. The summed E-state index contributed by atoms with van der Waals surface area (Å²) in [6, 6.07) is 0. The second kappa shape index (κ2) is 9.15. The Hall–Kier alpha value is -0.420. The third-order valence-electron chi connectivity index (χ3n) is 2.04. The van der Waals surface area contributed by atoms with Gasteiger partial charge in [0.1, 0.15) is 5.84 Å². The van der Waals surface area contributed by atoms with Gasteiger partial charge in [-0.15, -0.1) is 0 Å². The van der Waals surface area contributed by atoms with Crippen molar-refractivity contribution in [3.05, 3.63) is 0 Å². The van der Waals surface area contributed by atoms with E-state index in [1.807, 2.05) is 11.8 Å². The van der Waals surface area contributed by atoms with Gasteiger partial charge in [0.05, 0.1) is 0 Å². The molecule has 0 aromatic carbocycles. The van der Waals surface area contributed by atoms with Crippen LogP contribution in [0.15, 0.2) is 5.16 Å². The average Bonchev–Trinajstić information content (AvgIpc) is 2.22. The van der Waals surface area contributed by atoms with Crippen LogP contribution in [0.5, 0.6) is 0 Å². The van der Waals surface area contributed by atoms with Gasteiger partial charge in [-0.05, 0) is 32.2 Å². The van der Waals surface area contributed by atoms with Gasteiger partial charge in [-0.2, -0.15) is 11.8 Å². The molecule has 0 aromatic rings. The van der Waals surface area contributed by atoms with E-state index in [9.17, 15) is 0 Å². The molecule has 0 heterocycles. The first kappa shape index (κ1) is 13.6. The Labute approximate surface area is 90.3 Å². The maximum Gasteiger partial charge on any atom is 0.139 e. The minimum atomic E-state index is 0.310. The zero-order valence-electron chi connectivity index (χ0n) is 8.99. The fourth-order valence-electron chi connectivity index (χ4n) is 0.993. The molecule has 1 atom stereocenters. The first-order valence-electron chi connectivity index (χ1n) is 4.90. The summed E-state index contributed by atoms with van der Waals surface area (Å²) in [6.45, 7) is 4.19. The van der Waals surface area contributed by atoms with Crippen LogP contribution in [0, 0.1) is 0 Å². The minimum Gasteiger partial charge on any atom is -0.409 e. The van der Waals surface area contributed by atoms with E-state index in [0.29, 0.717) is 17.5 Å². The fraction of sp³-hybridized carbons (Fsp3) is 0.889. The first-order chi connectivity index (χ1) is 6.70. The molecule has 0 aliphatic heterocycles. The first-order valence-corrected chi connectivity index (χ1v) is 6.19. The molecule has 84 valence electrons. The second-order valence-corrected chi connectivity index (χ2v) is 4.56. The number of nitrogens with two attached hydrogens (primary N) is 1. The van der Waals surface area contributed by atoms with Crippen LogP contribution < -0.4 is 11.1 Å². The van der Waals surface area contributed by atoms with Gasteiger partial charge in [-0.25, -0.2) is 0 Å². The largest absolute Gasteiger partial charge is 0.409 e. The molecule has 0 spiro atoms. The fourth-order valence-corrected chi connectivity index (χ4v) is 1.35. The molecule has 0 saturated carbocycles. The Balaban J connectivity index is 3.14. The van der Waals surface area contributed by atoms with E-state index in [-0.39, 0.29) is 0 Å². The van der Waals surface area contributed by atoms with Crippen LogP contribution in [-0.4, -0.2) is 35.6 Å². The van der Waals surface area contributed by atoms with Crippen molar-refractivity contribution in [1.82, 2.24) is 5.32 Å². The summed E-state index contributed by atoms with van der Waals surface area (Å²) in [5, 5.41) is 15.2. The predicted molar refractivity (Wildman–Crippen MR) is 63.1 cm³/mol. The molecule has 0 fully saturated rings. The maximum absolute atomic E-state index is 8.28. The number of thioether (sulfide) groups is 1. The topological polar surface area (TPSA) is 70.6 Å². The van der Waals surface area contributed by atoms with Gasteiger partial charge in [0.25, 0.3) is 0 Å². The highest BCUT2D eigenvalue weighted by molar-refractivity contribution is 7.99. The molecule has 0 rings (SSSR count). The normalized spacial score (nSPS) is 14.3. The summed E-state index contributed by atoms with van der Waals surface area (Å²) in [6.07, 6.45) is 4.89. The van der Waals surface area contributed by atoms with Crippen molar-refractivity contribution < 1.29 is 5.21 Å². The van der Waals surface area contributed by atoms with Gasteiger partial charge < -0.3 is 16.3 Å². The zero-order chi connectivity index (χ0) is 10.8. The second-order valence-electron chi connectivity index (χ2n) is 3.28. The third-order valence-corrected chi connectivity index (χ3v) is 3.09. The van der Waals surface area contributed by atoms with E-state index in [1.54, 1.807) is 0 Å². The summed E-state index contributed by atoms with van der Waals surface area (Å²) in [7, 11) is 0. The molecule has 0 saturated heterocycles. The number of amidine groups is 1. The Morgan fingerprint density at radius 2 is 2.29 bits per heavy atom. The Bertz CT molecular complexity index is 164. The molecule has 0 aliphatic carbocycles. The summed E-state index contributed by atoms with van der Waals surface area (Å²) >= 11 is 1.88. The highest BCUT2D eigenvalue weighted by atomic mass is 32.2. The minimum absolute atomic E-state index is 0.310. The molecule has 4 nitrogen and oxygen atoms in total. The van der Waals surface area contributed by atoms with Crippen LogP contribution in [0.1, 0.15) is 26.2 Å². The number of rotatable bonds is 8. The molecule has 0 radical (unpaired) electrons. The lowest BCUT2D eigenvalue weighted by Crippen LogP contribution is -2.21. The summed E-state index contributed by atoms with van der Waals surface area (Å²) < 4.78 is 0. The average molecular weight is 219 g/mol. The van der Waals surface area contributed by atoms with Gasteiger partial charge in [-0.1, -0.05) is 12.1 Å². The Morgan fingerprint density at radius 1 is 1.57 bits per heavy atom. The number of hydrogen-bond donors (Lipinski definition) is 3. The van der Waals surface area contributed by atoms with E-state index >= 15 is 0 Å². The molecule has 14 heavy (non-hydrogen) atoms. The summed E-state index contributed by atoms with van der Waals surface area (Å²) in [5.41, 5.74) is 5.33. The van der Waals surface area contributed by atoms with Crippen LogP contribution >= 0.6 is 11.8 Å². The molecular formula is C9H21N3OS. The van der Waals surface area contributed by atoms with Gasteiger partial charge in [-0.3, -0.25) is 0 Å². The van der Waals surface area contributed by atoms with Gasteiger partial charge in [0.15, 0.2) is 0 Å². The van der Waals surface area contributed by atoms with E-state index in [0.717, 1.165) is 19.5 Å². The van der Waals surface area contributed by atoms with Crippen LogP contribution in [0.2, 0.25) is 0 Å². The van der Waals surface area contributed by atoms with E-state index in [4.69, 9.17) is 10.9 Å². The lowest BCUT2D eigenvalue weighted by atomic mass is 10.3. The van der Waals surface area contributed by atoms with Crippen molar-refractivity contribution >= 4 is 17.6 Å². The molecule has 5 heteroatoms. The van der Waals surface area contributed by atoms with Gasteiger partial charge in [0.2, 0.25) is 0 Å². The lowest BCUT2D eigenvalue weighted by Gasteiger charge is -2.08. The molecular weight excluding hydrogens is 198 g/mol. The number of hydrogen-bond acceptors (Lipinski definition) is 4. The summed E-state index contributed by atoms with van der Waals surface area (Å²) in [5.74, 6) is 0.310. The van der Waals surface area contributed by atoms with Crippen molar-refractivity contribution in [2.75, 3.05) is 19.3 Å². The highest BCUT2D eigenvalue weighted by Gasteiger charge is 1.98. The van der Waals surface area contributed by atoms with E-state index in [2.05, 4.69) is 23.7 Å². The van der Waals surface area contributed by atoms with Crippen molar-refractivity contribution in [2.24, 2.45) is 10.9 Å². The molecule has 0 bridgehead atoms. The van der Waals surface area contributed by atoms with Crippen molar-refractivity contribution in [2.45, 2.75) is 31.4 Å². The molecule has 4 N–H and O–H groups in total. The smallest absolute Gasteiger partial charge is 0.139 e. The van der Waals surface area contributed by atoms with E-state index in [1.165, 1.54) is 6.42 Å². The molecule has 0 amide bonds. The van der Waals surface area contributed by atoms with Crippen LogP contribution in [0.25, 0.3) is 0 Å². The van der Waals surface area contributed by atoms with Crippen molar-refractivity contribution in [3.8, 4) is 0 Å².